The summed E-state index contributed by atoms with van der Waals surface area (Å²) in [6.45, 7) is 7.41. The molecule has 0 spiro atoms. The first kappa shape index (κ1) is 13.7. The second kappa shape index (κ2) is 4.90. The van der Waals surface area contributed by atoms with Gasteiger partial charge in [-0.2, -0.15) is 0 Å². The minimum Gasteiger partial charge on any atom is -0.492 e. The molecule has 2 aromatic rings. The van der Waals surface area contributed by atoms with E-state index in [0.717, 1.165) is 12.4 Å². The van der Waals surface area contributed by atoms with Crippen LogP contribution in [0.25, 0.3) is 0 Å². The van der Waals surface area contributed by atoms with Gasteiger partial charge in [-0.3, -0.25) is 0 Å². The summed E-state index contributed by atoms with van der Waals surface area (Å²) in [5.41, 5.74) is 2.74. The third-order valence-corrected chi connectivity index (χ3v) is 5.05. The fourth-order valence-corrected chi connectivity index (χ4v) is 3.82. The third-order valence-electron chi connectivity index (χ3n) is 3.99. The van der Waals surface area contributed by atoms with E-state index in [1.807, 2.05) is 18.4 Å². The second-order valence-corrected chi connectivity index (χ2v) is 7.42. The van der Waals surface area contributed by atoms with Gasteiger partial charge >= 0.3 is 0 Å². The molecular formula is C17H21NOS. The van der Waals surface area contributed by atoms with E-state index >= 15 is 0 Å². The molecule has 1 aromatic carbocycles. The lowest BCUT2D eigenvalue weighted by Crippen LogP contribution is -2.20. The highest BCUT2D eigenvalue weighted by Crippen LogP contribution is 2.40. The highest BCUT2D eigenvalue weighted by atomic mass is 32.1. The van der Waals surface area contributed by atoms with Crippen LogP contribution in [0.3, 0.4) is 0 Å². The van der Waals surface area contributed by atoms with Crippen LogP contribution in [-0.4, -0.2) is 13.7 Å². The zero-order chi connectivity index (χ0) is 14.3. The van der Waals surface area contributed by atoms with Gasteiger partial charge in [0.15, 0.2) is 0 Å². The van der Waals surface area contributed by atoms with Crippen molar-refractivity contribution in [1.29, 1.82) is 0 Å². The standard InChI is InChI=1S/C17H21NOS/c1-11-5-8-15(20-11)16(18-4)12-6-7-14-13(9-12)17(2,3)10-19-14/h5-9,16,18H,10H2,1-4H3. The summed E-state index contributed by atoms with van der Waals surface area (Å²) in [5.74, 6) is 1.04. The SMILES string of the molecule is CNC(c1ccc2c(c1)C(C)(C)CO2)c1ccc(C)s1. The first-order chi connectivity index (χ1) is 9.51. The Bertz CT molecular complexity index is 630. The molecule has 1 aliphatic rings. The average Bonchev–Trinajstić information content (AvgIpc) is 2.96. The monoisotopic (exact) mass is 287 g/mol. The molecule has 0 fully saturated rings. The highest BCUT2D eigenvalue weighted by Gasteiger charge is 2.32. The van der Waals surface area contributed by atoms with Crippen molar-refractivity contribution in [1.82, 2.24) is 5.32 Å². The predicted molar refractivity (Wildman–Crippen MR) is 84.9 cm³/mol. The van der Waals surface area contributed by atoms with Crippen LogP contribution < -0.4 is 10.1 Å². The molecule has 0 aliphatic carbocycles. The van der Waals surface area contributed by atoms with Gasteiger partial charge in [-0.1, -0.05) is 19.9 Å². The van der Waals surface area contributed by atoms with E-state index in [0.29, 0.717) is 0 Å². The first-order valence-corrected chi connectivity index (χ1v) is 7.84. The van der Waals surface area contributed by atoms with Crippen molar-refractivity contribution in [2.24, 2.45) is 0 Å². The molecule has 0 saturated carbocycles. The maximum Gasteiger partial charge on any atom is 0.123 e. The Balaban J connectivity index is 2.02. The van der Waals surface area contributed by atoms with Crippen LogP contribution in [0.2, 0.25) is 0 Å². The van der Waals surface area contributed by atoms with Crippen LogP contribution in [0.15, 0.2) is 30.3 Å². The van der Waals surface area contributed by atoms with Crippen molar-refractivity contribution in [3.63, 3.8) is 0 Å². The molecule has 106 valence electrons. The first-order valence-electron chi connectivity index (χ1n) is 7.02. The number of rotatable bonds is 3. The number of nitrogens with one attached hydrogen (secondary N) is 1. The normalized spacial score (nSPS) is 17.6. The molecule has 1 aliphatic heterocycles. The fourth-order valence-electron chi connectivity index (χ4n) is 2.80. The zero-order valence-electron chi connectivity index (χ0n) is 12.5. The maximum absolute atomic E-state index is 5.77. The van der Waals surface area contributed by atoms with E-state index in [4.69, 9.17) is 4.74 Å². The van der Waals surface area contributed by atoms with E-state index in [9.17, 15) is 0 Å². The van der Waals surface area contributed by atoms with Gasteiger partial charge in [-0.05, 0) is 43.8 Å². The Morgan fingerprint density at radius 3 is 2.70 bits per heavy atom. The van der Waals surface area contributed by atoms with E-state index < -0.39 is 0 Å². The molecule has 2 nitrogen and oxygen atoms in total. The molecule has 1 aromatic heterocycles. The van der Waals surface area contributed by atoms with E-state index in [-0.39, 0.29) is 11.5 Å². The molecule has 1 N–H and O–H groups in total. The lowest BCUT2D eigenvalue weighted by Gasteiger charge is -2.19. The summed E-state index contributed by atoms with van der Waals surface area (Å²) in [6, 6.07) is 11.3. The smallest absolute Gasteiger partial charge is 0.123 e. The summed E-state index contributed by atoms with van der Waals surface area (Å²) in [4.78, 5) is 2.71. The lowest BCUT2D eigenvalue weighted by molar-refractivity contribution is 0.291. The molecule has 0 bridgehead atoms. The summed E-state index contributed by atoms with van der Waals surface area (Å²) < 4.78 is 5.77. The van der Waals surface area contributed by atoms with Gasteiger partial charge in [0.05, 0.1) is 12.6 Å². The molecule has 3 heteroatoms. The van der Waals surface area contributed by atoms with Gasteiger partial charge in [-0.25, -0.2) is 0 Å². The van der Waals surface area contributed by atoms with E-state index in [2.05, 4.69) is 56.4 Å². The lowest BCUT2D eigenvalue weighted by atomic mass is 9.85. The Morgan fingerprint density at radius 2 is 2.05 bits per heavy atom. The Kier molecular flexibility index (Phi) is 3.35. The van der Waals surface area contributed by atoms with Crippen molar-refractivity contribution >= 4 is 11.3 Å². The van der Waals surface area contributed by atoms with Crippen molar-refractivity contribution in [2.45, 2.75) is 32.2 Å². The molecule has 2 heterocycles. The van der Waals surface area contributed by atoms with Gasteiger partial charge in [-0.15, -0.1) is 11.3 Å². The number of ether oxygens (including phenoxy) is 1. The van der Waals surface area contributed by atoms with Crippen molar-refractivity contribution in [3.05, 3.63) is 51.2 Å². The van der Waals surface area contributed by atoms with Gasteiger partial charge in [0.2, 0.25) is 0 Å². The zero-order valence-corrected chi connectivity index (χ0v) is 13.3. The van der Waals surface area contributed by atoms with Crippen LogP contribution in [0.5, 0.6) is 5.75 Å². The average molecular weight is 287 g/mol. The summed E-state index contributed by atoms with van der Waals surface area (Å²) in [6.07, 6.45) is 0. The number of fused-ring (bicyclic) bond motifs is 1. The predicted octanol–water partition coefficient (Wildman–Crippen LogP) is 4.04. The Hall–Kier alpha value is -1.32. The number of hydrogen-bond acceptors (Lipinski definition) is 3. The molecule has 0 saturated heterocycles. The van der Waals surface area contributed by atoms with Crippen molar-refractivity contribution in [3.8, 4) is 5.75 Å². The van der Waals surface area contributed by atoms with E-state index in [1.54, 1.807) is 0 Å². The van der Waals surface area contributed by atoms with E-state index in [1.165, 1.54) is 20.9 Å². The van der Waals surface area contributed by atoms with Crippen LogP contribution in [-0.2, 0) is 5.41 Å². The maximum atomic E-state index is 5.77. The minimum absolute atomic E-state index is 0.106. The third kappa shape index (κ3) is 2.25. The van der Waals surface area contributed by atoms with Crippen LogP contribution >= 0.6 is 11.3 Å². The molecular weight excluding hydrogens is 266 g/mol. The number of aryl methyl sites for hydroxylation is 1. The van der Waals surface area contributed by atoms with Gasteiger partial charge in [0, 0.05) is 20.7 Å². The van der Waals surface area contributed by atoms with Gasteiger partial charge < -0.3 is 10.1 Å². The van der Waals surface area contributed by atoms with Gasteiger partial charge in [0.1, 0.15) is 5.75 Å². The molecule has 1 atom stereocenters. The van der Waals surface area contributed by atoms with Crippen LogP contribution in [0.4, 0.5) is 0 Å². The summed E-state index contributed by atoms with van der Waals surface area (Å²) >= 11 is 1.85. The Labute approximate surface area is 124 Å². The fraction of sp³-hybridized carbons (Fsp3) is 0.412. The van der Waals surface area contributed by atoms with Gasteiger partial charge in [0.25, 0.3) is 0 Å². The number of hydrogen-bond donors (Lipinski definition) is 1. The van der Waals surface area contributed by atoms with Crippen LogP contribution in [0, 0.1) is 6.92 Å². The summed E-state index contributed by atoms with van der Waals surface area (Å²) in [7, 11) is 2.02. The van der Waals surface area contributed by atoms with Crippen LogP contribution in [0.1, 0.15) is 40.8 Å². The molecule has 3 rings (SSSR count). The quantitative estimate of drug-likeness (QED) is 0.920. The topological polar surface area (TPSA) is 21.3 Å². The number of benzene rings is 1. The highest BCUT2D eigenvalue weighted by molar-refractivity contribution is 7.12. The Morgan fingerprint density at radius 1 is 1.25 bits per heavy atom. The molecule has 0 radical (unpaired) electrons. The molecule has 1 unspecified atom stereocenters. The number of thiophene rings is 1. The largest absolute Gasteiger partial charge is 0.492 e. The van der Waals surface area contributed by atoms with Crippen molar-refractivity contribution in [2.75, 3.05) is 13.7 Å². The second-order valence-electron chi connectivity index (χ2n) is 6.10. The molecule has 20 heavy (non-hydrogen) atoms. The summed E-state index contributed by atoms with van der Waals surface area (Å²) in [5, 5.41) is 3.44. The minimum atomic E-state index is 0.106. The molecule has 0 amide bonds. The van der Waals surface area contributed by atoms with Crippen molar-refractivity contribution < 1.29 is 4.74 Å².